The molecule has 1 N–H and O–H groups in total. The number of nitrogens with zero attached hydrogens (tertiary/aromatic N) is 1. The first-order valence-electron chi connectivity index (χ1n) is 6.49. The van der Waals surface area contributed by atoms with Gasteiger partial charge < -0.3 is 5.32 Å². The van der Waals surface area contributed by atoms with E-state index in [9.17, 15) is 0 Å². The molecule has 2 nitrogen and oxygen atoms in total. The number of anilines is 1. The average Bonchev–Trinajstić information content (AvgIpc) is 2.28. The number of nitrogens with one attached hydrogen (secondary N) is 1. The Bertz CT molecular complexity index is 421. The molecule has 1 aromatic rings. The first-order chi connectivity index (χ1) is 8.52. The highest BCUT2D eigenvalue weighted by Gasteiger charge is 2.07. The third kappa shape index (κ3) is 4.98. The lowest BCUT2D eigenvalue weighted by Gasteiger charge is -2.17. The topological polar surface area (TPSA) is 35.8 Å². The van der Waals surface area contributed by atoms with E-state index in [1.165, 1.54) is 12.8 Å². The van der Waals surface area contributed by atoms with E-state index in [-0.39, 0.29) is 0 Å². The second-order valence-electron chi connectivity index (χ2n) is 5.17. The predicted molar refractivity (Wildman–Crippen MR) is 77.9 cm³/mol. The molecule has 0 radical (unpaired) electrons. The van der Waals surface area contributed by atoms with Gasteiger partial charge in [0.1, 0.15) is 6.07 Å². The van der Waals surface area contributed by atoms with Crippen LogP contribution in [0.15, 0.2) is 18.2 Å². The van der Waals surface area contributed by atoms with Gasteiger partial charge in [-0.1, -0.05) is 38.3 Å². The Morgan fingerprint density at radius 2 is 2.00 bits per heavy atom. The Morgan fingerprint density at radius 3 is 2.61 bits per heavy atom. The van der Waals surface area contributed by atoms with E-state index in [0.29, 0.717) is 16.6 Å². The molecule has 0 saturated heterocycles. The lowest BCUT2D eigenvalue weighted by Crippen LogP contribution is -2.16. The summed E-state index contributed by atoms with van der Waals surface area (Å²) in [4.78, 5) is 0. The van der Waals surface area contributed by atoms with Crippen LogP contribution in [0.2, 0.25) is 5.02 Å². The van der Waals surface area contributed by atoms with Crippen LogP contribution in [0.1, 0.15) is 45.6 Å². The zero-order valence-corrected chi connectivity index (χ0v) is 12.1. The molecule has 0 aromatic heterocycles. The Labute approximate surface area is 115 Å². The minimum absolute atomic E-state index is 0.356. The maximum Gasteiger partial charge on any atom is 0.101 e. The van der Waals surface area contributed by atoms with E-state index in [2.05, 4.69) is 32.2 Å². The van der Waals surface area contributed by atoms with Gasteiger partial charge in [-0.05, 0) is 37.5 Å². The number of rotatable bonds is 6. The summed E-state index contributed by atoms with van der Waals surface area (Å²) >= 11 is 5.95. The van der Waals surface area contributed by atoms with Crippen molar-refractivity contribution >= 4 is 17.3 Å². The van der Waals surface area contributed by atoms with E-state index in [1.807, 2.05) is 6.07 Å². The zero-order chi connectivity index (χ0) is 13.5. The molecule has 0 aliphatic heterocycles. The van der Waals surface area contributed by atoms with Gasteiger partial charge in [-0.15, -0.1) is 0 Å². The van der Waals surface area contributed by atoms with Crippen molar-refractivity contribution in [1.29, 1.82) is 5.26 Å². The van der Waals surface area contributed by atoms with Crippen LogP contribution in [0.3, 0.4) is 0 Å². The van der Waals surface area contributed by atoms with Crippen LogP contribution >= 0.6 is 11.6 Å². The molecular weight excluding hydrogens is 244 g/mol. The monoisotopic (exact) mass is 264 g/mol. The standard InChI is InChI=1S/C15H21ClN2/c1-11(2)5-4-6-12(3)18-15-9-14(16)8-7-13(15)10-17/h7-9,11-12,18H,4-6H2,1-3H3. The molecule has 0 aliphatic rings. The molecule has 0 saturated carbocycles. The molecule has 0 aliphatic carbocycles. The van der Waals surface area contributed by atoms with Gasteiger partial charge in [-0.3, -0.25) is 0 Å². The maximum atomic E-state index is 9.04. The van der Waals surface area contributed by atoms with Crippen molar-refractivity contribution in [3.8, 4) is 6.07 Å². The first-order valence-corrected chi connectivity index (χ1v) is 6.87. The van der Waals surface area contributed by atoms with Gasteiger partial charge in [-0.2, -0.15) is 5.26 Å². The molecule has 1 atom stereocenters. The van der Waals surface area contributed by atoms with Crippen molar-refractivity contribution in [2.75, 3.05) is 5.32 Å². The van der Waals surface area contributed by atoms with Gasteiger partial charge in [0.2, 0.25) is 0 Å². The SMILES string of the molecule is CC(C)CCCC(C)Nc1cc(Cl)ccc1C#N. The van der Waals surface area contributed by atoms with E-state index >= 15 is 0 Å². The molecule has 0 amide bonds. The molecule has 1 rings (SSSR count). The van der Waals surface area contributed by atoms with Gasteiger partial charge in [0.05, 0.1) is 11.3 Å². The summed E-state index contributed by atoms with van der Waals surface area (Å²) in [5.74, 6) is 0.748. The molecule has 0 fully saturated rings. The van der Waals surface area contributed by atoms with Gasteiger partial charge in [0.25, 0.3) is 0 Å². The minimum atomic E-state index is 0.356. The average molecular weight is 265 g/mol. The Hall–Kier alpha value is -1.20. The minimum Gasteiger partial charge on any atom is -0.381 e. The van der Waals surface area contributed by atoms with Crippen molar-refractivity contribution in [3.63, 3.8) is 0 Å². The number of nitriles is 1. The largest absolute Gasteiger partial charge is 0.381 e. The van der Waals surface area contributed by atoms with E-state index < -0.39 is 0 Å². The fourth-order valence-electron chi connectivity index (χ4n) is 1.90. The van der Waals surface area contributed by atoms with Gasteiger partial charge in [0, 0.05) is 11.1 Å². The molecule has 3 heteroatoms. The van der Waals surface area contributed by atoms with Gasteiger partial charge in [-0.25, -0.2) is 0 Å². The summed E-state index contributed by atoms with van der Waals surface area (Å²) in [6.45, 7) is 6.62. The maximum absolute atomic E-state index is 9.04. The van der Waals surface area contributed by atoms with Crippen molar-refractivity contribution in [1.82, 2.24) is 0 Å². The van der Waals surface area contributed by atoms with Crippen molar-refractivity contribution < 1.29 is 0 Å². The van der Waals surface area contributed by atoms with Crippen LogP contribution in [0, 0.1) is 17.2 Å². The van der Waals surface area contributed by atoms with E-state index in [1.54, 1.807) is 12.1 Å². The normalized spacial score (nSPS) is 12.2. The molecule has 18 heavy (non-hydrogen) atoms. The zero-order valence-electron chi connectivity index (χ0n) is 11.3. The molecule has 0 bridgehead atoms. The highest BCUT2D eigenvalue weighted by molar-refractivity contribution is 6.30. The van der Waals surface area contributed by atoms with Crippen LogP contribution in [0.25, 0.3) is 0 Å². The molecule has 1 unspecified atom stereocenters. The lowest BCUT2D eigenvalue weighted by molar-refractivity contribution is 0.520. The number of benzene rings is 1. The predicted octanol–water partition coefficient (Wildman–Crippen LogP) is 4.84. The smallest absolute Gasteiger partial charge is 0.101 e. The molecule has 1 aromatic carbocycles. The van der Waals surface area contributed by atoms with Crippen LogP contribution in [-0.4, -0.2) is 6.04 Å². The quantitative estimate of drug-likeness (QED) is 0.798. The van der Waals surface area contributed by atoms with Crippen molar-refractivity contribution in [2.24, 2.45) is 5.92 Å². The molecule has 98 valence electrons. The van der Waals surface area contributed by atoms with Crippen LogP contribution in [0.5, 0.6) is 0 Å². The Balaban J connectivity index is 2.56. The summed E-state index contributed by atoms with van der Waals surface area (Å²) < 4.78 is 0. The fourth-order valence-corrected chi connectivity index (χ4v) is 2.08. The summed E-state index contributed by atoms with van der Waals surface area (Å²) in [6.07, 6.45) is 3.55. The van der Waals surface area contributed by atoms with E-state index in [0.717, 1.165) is 18.0 Å². The summed E-state index contributed by atoms with van der Waals surface area (Å²) in [5.41, 5.74) is 1.48. The Kier molecular flexibility index (Phi) is 6.01. The highest BCUT2D eigenvalue weighted by atomic mass is 35.5. The number of hydrogen-bond donors (Lipinski definition) is 1. The van der Waals surface area contributed by atoms with Crippen LogP contribution < -0.4 is 5.32 Å². The number of hydrogen-bond acceptors (Lipinski definition) is 2. The third-order valence-electron chi connectivity index (χ3n) is 2.92. The lowest BCUT2D eigenvalue weighted by atomic mass is 10.0. The van der Waals surface area contributed by atoms with Crippen LogP contribution in [-0.2, 0) is 0 Å². The highest BCUT2D eigenvalue weighted by Crippen LogP contribution is 2.22. The molecular formula is C15H21ClN2. The summed E-state index contributed by atoms with van der Waals surface area (Å²) in [5, 5.41) is 13.1. The second kappa shape index (κ2) is 7.28. The van der Waals surface area contributed by atoms with Crippen molar-refractivity contribution in [2.45, 2.75) is 46.1 Å². The second-order valence-corrected chi connectivity index (χ2v) is 5.61. The summed E-state index contributed by atoms with van der Waals surface area (Å²) in [7, 11) is 0. The van der Waals surface area contributed by atoms with Gasteiger partial charge >= 0.3 is 0 Å². The third-order valence-corrected chi connectivity index (χ3v) is 3.16. The van der Waals surface area contributed by atoms with E-state index in [4.69, 9.17) is 16.9 Å². The number of halogens is 1. The first kappa shape index (κ1) is 14.9. The van der Waals surface area contributed by atoms with Crippen molar-refractivity contribution in [3.05, 3.63) is 28.8 Å². The summed E-state index contributed by atoms with van der Waals surface area (Å²) in [6, 6.07) is 7.86. The molecule has 0 heterocycles. The fraction of sp³-hybridized carbons (Fsp3) is 0.533. The van der Waals surface area contributed by atoms with Gasteiger partial charge in [0.15, 0.2) is 0 Å². The Morgan fingerprint density at radius 1 is 1.28 bits per heavy atom. The molecule has 0 spiro atoms. The van der Waals surface area contributed by atoms with Crippen LogP contribution in [0.4, 0.5) is 5.69 Å².